The van der Waals surface area contributed by atoms with Crippen molar-refractivity contribution in [3.8, 4) is 11.1 Å². The first-order valence-electron chi connectivity index (χ1n) is 11.9. The summed E-state index contributed by atoms with van der Waals surface area (Å²) in [6.07, 6.45) is 6.43. The number of nitrogens with zero attached hydrogens (tertiary/aromatic N) is 2. The van der Waals surface area contributed by atoms with Gasteiger partial charge in [0.1, 0.15) is 16.4 Å². The predicted molar refractivity (Wildman–Crippen MR) is 158 cm³/mol. The molecule has 4 rings (SSSR count). The van der Waals surface area contributed by atoms with Crippen molar-refractivity contribution in [1.29, 1.82) is 0 Å². The predicted octanol–water partition coefficient (Wildman–Crippen LogP) is 8.82. The maximum Gasteiger partial charge on any atom is 0.322 e. The van der Waals surface area contributed by atoms with Crippen molar-refractivity contribution in [2.24, 2.45) is 0 Å². The van der Waals surface area contributed by atoms with Gasteiger partial charge < -0.3 is 14.6 Å². The molecular weight excluding hydrogens is 522 g/mol. The summed E-state index contributed by atoms with van der Waals surface area (Å²) >= 11 is 9.28. The number of nitrogens with one attached hydrogen (secondary N) is 1. The maximum atomic E-state index is 13.7. The van der Waals surface area contributed by atoms with Crippen molar-refractivity contribution >= 4 is 57.8 Å². The number of aromatic nitrogens is 1. The Morgan fingerprint density at radius 1 is 1.14 bits per heavy atom. The first-order valence-corrected chi connectivity index (χ1v) is 14.7. The van der Waals surface area contributed by atoms with Crippen molar-refractivity contribution < 1.29 is 9.21 Å². The number of benzene rings is 2. The lowest BCUT2D eigenvalue weighted by atomic mass is 10.0. The van der Waals surface area contributed by atoms with Crippen LogP contribution >= 0.6 is 35.1 Å². The molecule has 0 aliphatic rings. The smallest absolute Gasteiger partial charge is 0.322 e. The average molecular weight is 552 g/mol. The number of rotatable bonds is 9. The lowest BCUT2D eigenvalue weighted by Crippen LogP contribution is -2.35. The number of hydrogen-bond donors (Lipinski definition) is 1. The summed E-state index contributed by atoms with van der Waals surface area (Å²) in [7, 11) is 0. The standard InChI is InChI=1S/C29H30ClN3O2S2/c1-6-7-14-33(29(34)32-27-25(36-4)16-19(3)31-28(27)37-5)17-24-26(20-9-11-21(30)12-10-20)22-15-18(2)8-13-23(22)35-24/h6,8-13,15-16H,1,7,14,17H2,2-5H3,(H,32,34). The van der Waals surface area contributed by atoms with Gasteiger partial charge in [0.25, 0.3) is 0 Å². The highest BCUT2D eigenvalue weighted by Gasteiger charge is 2.23. The Kier molecular flexibility index (Phi) is 8.90. The number of aryl methyl sites for hydroxylation is 2. The molecule has 4 aromatic rings. The number of carbonyl (C=O) groups excluding carboxylic acids is 1. The van der Waals surface area contributed by atoms with Crippen molar-refractivity contribution in [1.82, 2.24) is 9.88 Å². The third-order valence-corrected chi connectivity index (χ3v) is 7.69. The van der Waals surface area contributed by atoms with Gasteiger partial charge in [0.05, 0.1) is 12.2 Å². The summed E-state index contributed by atoms with van der Waals surface area (Å²) in [6, 6.07) is 15.6. The normalized spacial score (nSPS) is 11.1. The summed E-state index contributed by atoms with van der Waals surface area (Å²) < 4.78 is 6.35. The molecule has 0 saturated carbocycles. The summed E-state index contributed by atoms with van der Waals surface area (Å²) in [5.74, 6) is 0.722. The molecule has 192 valence electrons. The van der Waals surface area contributed by atoms with Crippen LogP contribution in [-0.2, 0) is 6.54 Å². The molecule has 2 aromatic carbocycles. The minimum atomic E-state index is -0.211. The molecule has 0 saturated heterocycles. The summed E-state index contributed by atoms with van der Waals surface area (Å²) in [5, 5.41) is 5.61. The summed E-state index contributed by atoms with van der Waals surface area (Å²) in [5.41, 5.74) is 5.53. The van der Waals surface area contributed by atoms with E-state index in [2.05, 4.69) is 29.9 Å². The molecule has 0 unspecified atom stereocenters. The monoisotopic (exact) mass is 551 g/mol. The van der Waals surface area contributed by atoms with Crippen LogP contribution < -0.4 is 5.32 Å². The Balaban J connectivity index is 1.74. The lowest BCUT2D eigenvalue weighted by Gasteiger charge is -2.24. The number of furan rings is 1. The number of fused-ring (bicyclic) bond motifs is 1. The number of pyridine rings is 1. The van der Waals surface area contributed by atoms with Gasteiger partial charge in [-0.3, -0.25) is 0 Å². The SMILES string of the molecule is C=CCCN(Cc1oc2ccc(C)cc2c1-c1ccc(Cl)cc1)C(=O)Nc1c(SC)cc(C)nc1SC. The minimum absolute atomic E-state index is 0.211. The van der Waals surface area contributed by atoms with Crippen LogP contribution in [0.15, 0.2) is 75.5 Å². The highest BCUT2D eigenvalue weighted by atomic mass is 35.5. The first kappa shape index (κ1) is 27.2. The molecule has 0 radical (unpaired) electrons. The van der Waals surface area contributed by atoms with Crippen LogP contribution in [0.5, 0.6) is 0 Å². The highest BCUT2D eigenvalue weighted by molar-refractivity contribution is 7.99. The number of hydrogen-bond acceptors (Lipinski definition) is 5. The van der Waals surface area contributed by atoms with E-state index in [1.54, 1.807) is 16.7 Å². The third-order valence-electron chi connectivity index (χ3n) is 6.00. The molecule has 2 aromatic heterocycles. The fourth-order valence-electron chi connectivity index (χ4n) is 4.20. The van der Waals surface area contributed by atoms with Gasteiger partial charge in [-0.25, -0.2) is 9.78 Å². The summed E-state index contributed by atoms with van der Waals surface area (Å²) in [4.78, 5) is 21.1. The van der Waals surface area contributed by atoms with E-state index < -0.39 is 0 Å². The number of urea groups is 1. The second-order valence-electron chi connectivity index (χ2n) is 8.69. The molecule has 1 N–H and O–H groups in total. The van der Waals surface area contributed by atoms with E-state index in [4.69, 9.17) is 16.0 Å². The number of halogens is 1. The molecule has 2 heterocycles. The zero-order valence-electron chi connectivity index (χ0n) is 21.4. The Morgan fingerprint density at radius 3 is 2.57 bits per heavy atom. The Labute approximate surface area is 231 Å². The fraction of sp³-hybridized carbons (Fsp3) is 0.241. The van der Waals surface area contributed by atoms with Gasteiger partial charge in [-0.05, 0) is 68.7 Å². The van der Waals surface area contributed by atoms with Crippen LogP contribution in [-0.4, -0.2) is 35.0 Å². The van der Waals surface area contributed by atoms with Crippen LogP contribution in [0.2, 0.25) is 5.02 Å². The van der Waals surface area contributed by atoms with E-state index in [1.807, 2.05) is 68.0 Å². The molecule has 37 heavy (non-hydrogen) atoms. The van der Waals surface area contributed by atoms with Crippen LogP contribution in [0, 0.1) is 13.8 Å². The van der Waals surface area contributed by atoms with Gasteiger partial charge in [0.15, 0.2) is 0 Å². The molecule has 2 amide bonds. The first-order chi connectivity index (χ1) is 17.8. The van der Waals surface area contributed by atoms with E-state index in [0.717, 1.165) is 54.7 Å². The topological polar surface area (TPSA) is 58.4 Å². The Bertz CT molecular complexity index is 1410. The van der Waals surface area contributed by atoms with Crippen molar-refractivity contribution in [3.05, 3.63) is 83.2 Å². The largest absolute Gasteiger partial charge is 0.459 e. The Morgan fingerprint density at radius 2 is 1.89 bits per heavy atom. The second-order valence-corrected chi connectivity index (χ2v) is 10.8. The number of anilines is 1. The van der Waals surface area contributed by atoms with E-state index in [0.29, 0.717) is 24.5 Å². The quantitative estimate of drug-likeness (QED) is 0.166. The van der Waals surface area contributed by atoms with Crippen LogP contribution in [0.4, 0.5) is 10.5 Å². The number of carbonyl (C=O) groups is 1. The summed E-state index contributed by atoms with van der Waals surface area (Å²) in [6.45, 7) is 8.67. The van der Waals surface area contributed by atoms with Gasteiger partial charge in [-0.15, -0.1) is 30.1 Å². The van der Waals surface area contributed by atoms with E-state index in [9.17, 15) is 4.79 Å². The van der Waals surface area contributed by atoms with Crippen LogP contribution in [0.3, 0.4) is 0 Å². The van der Waals surface area contributed by atoms with Crippen LogP contribution in [0.25, 0.3) is 22.1 Å². The van der Waals surface area contributed by atoms with E-state index in [1.165, 1.54) is 11.8 Å². The fourth-order valence-corrected chi connectivity index (χ4v) is 5.64. The second kappa shape index (κ2) is 12.1. The molecule has 0 aliphatic heterocycles. The van der Waals surface area contributed by atoms with Gasteiger partial charge in [-0.2, -0.15) is 0 Å². The lowest BCUT2D eigenvalue weighted by molar-refractivity contribution is 0.206. The molecule has 5 nitrogen and oxygen atoms in total. The van der Waals surface area contributed by atoms with Crippen molar-refractivity contribution in [2.75, 3.05) is 24.4 Å². The van der Waals surface area contributed by atoms with Gasteiger partial charge in [0.2, 0.25) is 0 Å². The van der Waals surface area contributed by atoms with E-state index in [-0.39, 0.29) is 6.03 Å². The molecule has 0 fully saturated rings. The molecule has 0 spiro atoms. The third kappa shape index (κ3) is 6.17. The maximum absolute atomic E-state index is 13.7. The van der Waals surface area contributed by atoms with Gasteiger partial charge in [-0.1, -0.05) is 41.4 Å². The number of thioether (sulfide) groups is 2. The van der Waals surface area contributed by atoms with Gasteiger partial charge >= 0.3 is 6.03 Å². The van der Waals surface area contributed by atoms with Crippen molar-refractivity contribution in [2.45, 2.75) is 36.7 Å². The van der Waals surface area contributed by atoms with Gasteiger partial charge in [0, 0.05) is 33.1 Å². The molecular formula is C29H30ClN3O2S2. The number of amides is 2. The Hall–Kier alpha value is -2.87. The van der Waals surface area contributed by atoms with Crippen molar-refractivity contribution in [3.63, 3.8) is 0 Å². The zero-order valence-corrected chi connectivity index (χ0v) is 23.8. The minimum Gasteiger partial charge on any atom is -0.459 e. The van der Waals surface area contributed by atoms with Crippen LogP contribution in [0.1, 0.15) is 23.4 Å². The molecule has 0 aliphatic carbocycles. The average Bonchev–Trinajstić information content (AvgIpc) is 3.24. The van der Waals surface area contributed by atoms with E-state index >= 15 is 0 Å². The molecule has 0 atom stereocenters. The molecule has 0 bridgehead atoms. The highest BCUT2D eigenvalue weighted by Crippen LogP contribution is 2.37. The molecule has 8 heteroatoms. The zero-order chi connectivity index (χ0) is 26.5.